The number of hydrogen-bond acceptors (Lipinski definition) is 5. The van der Waals surface area contributed by atoms with Crippen molar-refractivity contribution in [2.24, 2.45) is 10.9 Å². The van der Waals surface area contributed by atoms with E-state index in [0.717, 1.165) is 30.4 Å². The Hall–Kier alpha value is -2.19. The lowest BCUT2D eigenvalue weighted by atomic mass is 9.98. The third kappa shape index (κ3) is 6.62. The first kappa shape index (κ1) is 18.9. The second-order valence-electron chi connectivity index (χ2n) is 5.10. The molecule has 23 heavy (non-hydrogen) atoms. The fraction of sp³-hybridized carbons (Fsp3) is 0.333. The molecule has 0 heterocycles. The van der Waals surface area contributed by atoms with Gasteiger partial charge in [-0.1, -0.05) is 24.3 Å². The quantitative estimate of drug-likeness (QED) is 0.247. The molecular formula is C15H21N3O4S. The van der Waals surface area contributed by atoms with Crippen molar-refractivity contribution in [3.63, 3.8) is 0 Å². The number of fused-ring (bicyclic) bond motifs is 1. The standard InChI is InChI=1S/C14H17N3O.CH4O3S/c1-10-12-7-3-2-5-11(12)6-4-8-13(10)14(18)16-9-17-15;1-5(2,3)4/h2-3,5,7,9H,4,6,8,15H2,1H3,(H,16,17,18);1H3,(H,2,3,4). The van der Waals surface area contributed by atoms with Crippen LogP contribution in [0.1, 0.15) is 30.9 Å². The van der Waals surface area contributed by atoms with Crippen molar-refractivity contribution in [3.05, 3.63) is 41.0 Å². The minimum Gasteiger partial charge on any atom is -0.322 e. The van der Waals surface area contributed by atoms with Gasteiger partial charge in [-0.05, 0) is 42.9 Å². The van der Waals surface area contributed by atoms with Gasteiger partial charge in [0.25, 0.3) is 16.0 Å². The molecule has 0 aromatic heterocycles. The maximum atomic E-state index is 12.0. The number of hydrazone groups is 1. The van der Waals surface area contributed by atoms with E-state index in [4.69, 9.17) is 10.4 Å². The summed E-state index contributed by atoms with van der Waals surface area (Å²) < 4.78 is 25.9. The van der Waals surface area contributed by atoms with Crippen molar-refractivity contribution in [2.45, 2.75) is 26.2 Å². The summed E-state index contributed by atoms with van der Waals surface area (Å²) in [4.78, 5) is 12.0. The highest BCUT2D eigenvalue weighted by atomic mass is 32.2. The molecule has 4 N–H and O–H groups in total. The molecule has 1 amide bonds. The van der Waals surface area contributed by atoms with Crippen LogP contribution in [-0.4, -0.2) is 31.5 Å². The van der Waals surface area contributed by atoms with Gasteiger partial charge < -0.3 is 11.2 Å². The van der Waals surface area contributed by atoms with Crippen LogP contribution in [0.4, 0.5) is 0 Å². The van der Waals surface area contributed by atoms with Crippen LogP contribution in [0.3, 0.4) is 0 Å². The van der Waals surface area contributed by atoms with E-state index in [2.05, 4.69) is 22.6 Å². The van der Waals surface area contributed by atoms with Crippen LogP contribution in [0.5, 0.6) is 0 Å². The number of amides is 1. The lowest BCUT2D eigenvalue weighted by Crippen LogP contribution is -2.24. The van der Waals surface area contributed by atoms with Crippen molar-refractivity contribution in [2.75, 3.05) is 6.26 Å². The molecule has 0 saturated carbocycles. The zero-order valence-corrected chi connectivity index (χ0v) is 13.9. The summed E-state index contributed by atoms with van der Waals surface area (Å²) in [6.45, 7) is 2.00. The van der Waals surface area contributed by atoms with Gasteiger partial charge in [-0.15, -0.1) is 0 Å². The number of nitrogens with two attached hydrogens (primary N) is 1. The van der Waals surface area contributed by atoms with E-state index in [-0.39, 0.29) is 5.91 Å². The Bertz CT molecular complexity index is 716. The van der Waals surface area contributed by atoms with Gasteiger partial charge in [0.05, 0.1) is 6.26 Å². The molecule has 1 aromatic rings. The van der Waals surface area contributed by atoms with Crippen LogP contribution in [0.2, 0.25) is 0 Å². The average Bonchev–Trinajstić information content (AvgIpc) is 2.63. The average molecular weight is 339 g/mol. The van der Waals surface area contributed by atoms with Gasteiger partial charge >= 0.3 is 0 Å². The highest BCUT2D eigenvalue weighted by Crippen LogP contribution is 2.29. The number of carbonyl (C=O) groups excluding carboxylic acids is 1. The molecule has 7 nitrogen and oxygen atoms in total. The summed E-state index contributed by atoms with van der Waals surface area (Å²) in [5.41, 5.74) is 4.35. The van der Waals surface area contributed by atoms with Gasteiger partial charge in [-0.25, -0.2) is 0 Å². The summed E-state index contributed by atoms with van der Waals surface area (Å²) >= 11 is 0. The van der Waals surface area contributed by atoms with E-state index in [9.17, 15) is 13.2 Å². The molecule has 0 bridgehead atoms. The van der Waals surface area contributed by atoms with Gasteiger partial charge in [0.1, 0.15) is 6.34 Å². The highest BCUT2D eigenvalue weighted by Gasteiger charge is 2.18. The zero-order chi connectivity index (χ0) is 17.5. The van der Waals surface area contributed by atoms with Gasteiger partial charge in [0.15, 0.2) is 0 Å². The molecule has 1 aliphatic carbocycles. The van der Waals surface area contributed by atoms with E-state index in [1.165, 1.54) is 17.5 Å². The van der Waals surface area contributed by atoms with Crippen molar-refractivity contribution >= 4 is 27.9 Å². The number of benzene rings is 1. The summed E-state index contributed by atoms with van der Waals surface area (Å²) in [6, 6.07) is 8.24. The third-order valence-electron chi connectivity index (χ3n) is 3.29. The maximum Gasteiger partial charge on any atom is 0.261 e. The minimum atomic E-state index is -3.67. The molecule has 1 aromatic carbocycles. The number of aryl methyl sites for hydroxylation is 1. The molecule has 126 valence electrons. The van der Waals surface area contributed by atoms with Crippen molar-refractivity contribution in [1.29, 1.82) is 0 Å². The fourth-order valence-corrected chi connectivity index (χ4v) is 2.38. The molecule has 8 heteroatoms. The number of carbonyl (C=O) groups is 1. The topological polar surface area (TPSA) is 122 Å². The minimum absolute atomic E-state index is 0.113. The first-order chi connectivity index (χ1) is 10.7. The number of rotatable bonds is 2. The largest absolute Gasteiger partial charge is 0.322 e. The lowest BCUT2D eigenvalue weighted by molar-refractivity contribution is -0.116. The van der Waals surface area contributed by atoms with Crippen molar-refractivity contribution < 1.29 is 17.8 Å². The summed E-state index contributed by atoms with van der Waals surface area (Å²) in [5.74, 6) is 4.87. The monoisotopic (exact) mass is 339 g/mol. The van der Waals surface area contributed by atoms with Crippen LogP contribution in [0.25, 0.3) is 5.57 Å². The van der Waals surface area contributed by atoms with E-state index < -0.39 is 10.1 Å². The number of allylic oxidation sites excluding steroid dienone is 1. The molecule has 0 radical (unpaired) electrons. The lowest BCUT2D eigenvalue weighted by Gasteiger charge is -2.09. The molecular weight excluding hydrogens is 318 g/mol. The smallest absolute Gasteiger partial charge is 0.261 e. The Kier molecular flexibility index (Phi) is 6.92. The predicted octanol–water partition coefficient (Wildman–Crippen LogP) is 1.32. The third-order valence-corrected chi connectivity index (χ3v) is 3.29. The number of hydrogen-bond donors (Lipinski definition) is 3. The van der Waals surface area contributed by atoms with Crippen molar-refractivity contribution in [1.82, 2.24) is 5.32 Å². The van der Waals surface area contributed by atoms with Crippen LogP contribution < -0.4 is 11.2 Å². The molecule has 0 aliphatic heterocycles. The summed E-state index contributed by atoms with van der Waals surface area (Å²) in [7, 11) is -3.67. The van der Waals surface area contributed by atoms with E-state index in [1.807, 2.05) is 19.1 Å². The second kappa shape index (κ2) is 8.44. The molecule has 1 aliphatic rings. The second-order valence-corrected chi connectivity index (χ2v) is 6.56. The Labute approximate surface area is 136 Å². The van der Waals surface area contributed by atoms with E-state index >= 15 is 0 Å². The Balaban J connectivity index is 0.000000463. The Morgan fingerprint density at radius 3 is 2.57 bits per heavy atom. The molecule has 0 saturated heterocycles. The SMILES string of the molecule is CC1=C(C(=O)NC=NN)CCCc2ccccc21.CS(=O)(=O)O. The number of nitrogens with one attached hydrogen (secondary N) is 1. The first-order valence-electron chi connectivity index (χ1n) is 6.97. The molecule has 2 rings (SSSR count). The Morgan fingerprint density at radius 2 is 1.96 bits per heavy atom. The normalized spacial score (nSPS) is 14.6. The number of nitrogens with zero attached hydrogens (tertiary/aromatic N) is 1. The molecule has 0 unspecified atom stereocenters. The zero-order valence-electron chi connectivity index (χ0n) is 13.1. The maximum absolute atomic E-state index is 12.0. The molecule has 0 fully saturated rings. The first-order valence-corrected chi connectivity index (χ1v) is 8.82. The van der Waals surface area contributed by atoms with Gasteiger partial charge in [0, 0.05) is 5.57 Å². The van der Waals surface area contributed by atoms with Gasteiger partial charge in [0.2, 0.25) is 0 Å². The predicted molar refractivity (Wildman–Crippen MR) is 90.3 cm³/mol. The van der Waals surface area contributed by atoms with Crippen LogP contribution in [0.15, 0.2) is 34.9 Å². The van der Waals surface area contributed by atoms with Crippen LogP contribution in [-0.2, 0) is 21.3 Å². The van der Waals surface area contributed by atoms with Gasteiger partial charge in [-0.2, -0.15) is 13.5 Å². The van der Waals surface area contributed by atoms with Crippen LogP contribution in [0, 0.1) is 0 Å². The van der Waals surface area contributed by atoms with Gasteiger partial charge in [-0.3, -0.25) is 9.35 Å². The van der Waals surface area contributed by atoms with Crippen LogP contribution >= 0.6 is 0 Å². The summed E-state index contributed by atoms with van der Waals surface area (Å²) in [5, 5.41) is 5.86. The molecule has 0 atom stereocenters. The van der Waals surface area contributed by atoms with Crippen molar-refractivity contribution in [3.8, 4) is 0 Å². The van der Waals surface area contributed by atoms with E-state index in [0.29, 0.717) is 6.26 Å². The summed E-state index contributed by atoms with van der Waals surface area (Å²) in [6.07, 6.45) is 4.71. The van der Waals surface area contributed by atoms with E-state index in [1.54, 1.807) is 0 Å². The fourth-order valence-electron chi connectivity index (χ4n) is 2.38. The molecule has 0 spiro atoms. The highest BCUT2D eigenvalue weighted by molar-refractivity contribution is 7.85. The Morgan fingerprint density at radius 1 is 1.35 bits per heavy atom.